The molecule has 0 amide bonds. The zero-order valence-electron chi connectivity index (χ0n) is 10.8. The number of aryl methyl sites for hydroxylation is 2. The monoisotopic (exact) mass is 243 g/mol. The average Bonchev–Trinajstić information content (AvgIpc) is 2.28. The van der Waals surface area contributed by atoms with Gasteiger partial charge < -0.3 is 5.73 Å². The maximum absolute atomic E-state index is 11.8. The van der Waals surface area contributed by atoms with Crippen molar-refractivity contribution in [3.8, 4) is 5.69 Å². The second-order valence-electron chi connectivity index (χ2n) is 4.57. The van der Waals surface area contributed by atoms with Gasteiger partial charge in [-0.3, -0.25) is 4.79 Å². The molecule has 1 atom stereocenters. The Balaban J connectivity index is 2.64. The lowest BCUT2D eigenvalue weighted by molar-refractivity contribution is 0.687. The van der Waals surface area contributed by atoms with Gasteiger partial charge in [0, 0.05) is 17.8 Å². The minimum absolute atomic E-state index is 0.105. The summed E-state index contributed by atoms with van der Waals surface area (Å²) in [7, 11) is 0. The normalized spacial score (nSPS) is 12.4. The van der Waals surface area contributed by atoms with E-state index in [1.54, 1.807) is 17.7 Å². The Morgan fingerprint density at radius 1 is 1.28 bits per heavy atom. The van der Waals surface area contributed by atoms with Crippen molar-refractivity contribution in [2.75, 3.05) is 0 Å². The second kappa shape index (κ2) is 4.74. The maximum Gasteiger partial charge on any atom is 0.205 e. The molecule has 0 saturated heterocycles. The van der Waals surface area contributed by atoms with E-state index in [1.807, 2.05) is 38.1 Å². The van der Waals surface area contributed by atoms with E-state index in [1.165, 1.54) is 0 Å². The number of hydrogen-bond acceptors (Lipinski definition) is 3. The van der Waals surface area contributed by atoms with Gasteiger partial charge >= 0.3 is 0 Å². The summed E-state index contributed by atoms with van der Waals surface area (Å²) >= 11 is 0. The molecule has 2 aromatic rings. The number of aromatic nitrogens is 2. The Hall–Kier alpha value is -1.94. The van der Waals surface area contributed by atoms with Crippen molar-refractivity contribution in [1.82, 2.24) is 9.78 Å². The van der Waals surface area contributed by atoms with E-state index in [9.17, 15) is 4.79 Å². The fourth-order valence-electron chi connectivity index (χ4n) is 1.90. The van der Waals surface area contributed by atoms with Crippen LogP contribution in [0.15, 0.2) is 35.1 Å². The van der Waals surface area contributed by atoms with E-state index in [2.05, 4.69) is 5.10 Å². The Morgan fingerprint density at radius 2 is 2.00 bits per heavy atom. The van der Waals surface area contributed by atoms with Crippen molar-refractivity contribution in [3.05, 3.63) is 57.5 Å². The van der Waals surface area contributed by atoms with Crippen molar-refractivity contribution < 1.29 is 0 Å². The Morgan fingerprint density at radius 3 is 2.61 bits per heavy atom. The van der Waals surface area contributed by atoms with Crippen LogP contribution in [-0.4, -0.2) is 9.78 Å². The quantitative estimate of drug-likeness (QED) is 0.875. The minimum atomic E-state index is -0.367. The fourth-order valence-corrected chi connectivity index (χ4v) is 1.90. The third kappa shape index (κ3) is 2.33. The topological polar surface area (TPSA) is 60.9 Å². The van der Waals surface area contributed by atoms with Crippen LogP contribution in [0.3, 0.4) is 0 Å². The number of nitrogens with two attached hydrogens (primary N) is 1. The number of benzene rings is 1. The van der Waals surface area contributed by atoms with Gasteiger partial charge in [-0.25, -0.2) is 4.68 Å². The molecular weight excluding hydrogens is 226 g/mol. The van der Waals surface area contributed by atoms with E-state index in [0.29, 0.717) is 5.69 Å². The zero-order valence-corrected chi connectivity index (χ0v) is 10.8. The van der Waals surface area contributed by atoms with Crippen LogP contribution < -0.4 is 11.2 Å². The Labute approximate surface area is 106 Å². The molecule has 0 bridgehead atoms. The predicted molar refractivity (Wildman–Crippen MR) is 71.9 cm³/mol. The van der Waals surface area contributed by atoms with Crippen LogP contribution in [0.4, 0.5) is 0 Å². The highest BCUT2D eigenvalue weighted by molar-refractivity contribution is 5.36. The molecule has 1 unspecified atom stereocenters. The summed E-state index contributed by atoms with van der Waals surface area (Å²) in [5, 5.41) is 4.36. The molecule has 0 spiro atoms. The highest BCUT2D eigenvalue weighted by Crippen LogP contribution is 2.12. The summed E-state index contributed by atoms with van der Waals surface area (Å²) < 4.78 is 1.76. The van der Waals surface area contributed by atoms with Crippen LogP contribution in [0.1, 0.15) is 29.9 Å². The van der Waals surface area contributed by atoms with Crippen molar-refractivity contribution in [2.24, 2.45) is 5.73 Å². The maximum atomic E-state index is 11.8. The van der Waals surface area contributed by atoms with E-state index in [0.717, 1.165) is 16.9 Å². The summed E-state index contributed by atoms with van der Waals surface area (Å²) in [6.07, 6.45) is 0. The van der Waals surface area contributed by atoms with Crippen molar-refractivity contribution in [1.29, 1.82) is 0 Å². The lowest BCUT2D eigenvalue weighted by atomic mass is 10.2. The highest BCUT2D eigenvalue weighted by atomic mass is 16.1. The van der Waals surface area contributed by atoms with Crippen molar-refractivity contribution in [3.63, 3.8) is 0 Å². The summed E-state index contributed by atoms with van der Waals surface area (Å²) in [6.45, 7) is 5.65. The predicted octanol–water partition coefficient (Wildman–Crippen LogP) is 1.87. The van der Waals surface area contributed by atoms with Gasteiger partial charge in [-0.2, -0.15) is 5.10 Å². The van der Waals surface area contributed by atoms with Crippen LogP contribution in [0.25, 0.3) is 5.69 Å². The molecule has 2 rings (SSSR count). The molecule has 0 fully saturated rings. The second-order valence-corrected chi connectivity index (χ2v) is 4.57. The first kappa shape index (κ1) is 12.5. The SMILES string of the molecule is Cc1cccc(-n2nc(C(C)N)c(=O)cc2C)c1. The van der Waals surface area contributed by atoms with Crippen LogP contribution in [-0.2, 0) is 0 Å². The van der Waals surface area contributed by atoms with E-state index in [4.69, 9.17) is 5.73 Å². The molecule has 18 heavy (non-hydrogen) atoms. The van der Waals surface area contributed by atoms with Gasteiger partial charge in [-0.05, 0) is 38.5 Å². The first-order valence-electron chi connectivity index (χ1n) is 5.92. The molecule has 4 nitrogen and oxygen atoms in total. The lowest BCUT2D eigenvalue weighted by Gasteiger charge is -2.13. The van der Waals surface area contributed by atoms with E-state index < -0.39 is 0 Å². The molecule has 0 aliphatic rings. The van der Waals surface area contributed by atoms with Gasteiger partial charge in [-0.15, -0.1) is 0 Å². The van der Waals surface area contributed by atoms with Gasteiger partial charge in [0.1, 0.15) is 5.69 Å². The smallest absolute Gasteiger partial charge is 0.205 e. The molecule has 0 saturated carbocycles. The molecule has 0 aliphatic heterocycles. The molecule has 94 valence electrons. The number of hydrogen-bond donors (Lipinski definition) is 1. The van der Waals surface area contributed by atoms with E-state index >= 15 is 0 Å². The standard InChI is InChI=1S/C14H17N3O/c1-9-5-4-6-12(7-9)17-10(2)8-13(18)14(16-17)11(3)15/h4-8,11H,15H2,1-3H3. The van der Waals surface area contributed by atoms with Gasteiger partial charge in [0.15, 0.2) is 0 Å². The van der Waals surface area contributed by atoms with Crippen LogP contribution in [0, 0.1) is 13.8 Å². The van der Waals surface area contributed by atoms with Crippen LogP contribution in [0.2, 0.25) is 0 Å². The lowest BCUT2D eigenvalue weighted by Crippen LogP contribution is -2.24. The number of nitrogens with zero attached hydrogens (tertiary/aromatic N) is 2. The highest BCUT2D eigenvalue weighted by Gasteiger charge is 2.10. The summed E-state index contributed by atoms with van der Waals surface area (Å²) in [6, 6.07) is 9.18. The summed E-state index contributed by atoms with van der Waals surface area (Å²) in [5.41, 5.74) is 8.94. The van der Waals surface area contributed by atoms with Crippen molar-refractivity contribution in [2.45, 2.75) is 26.8 Å². The van der Waals surface area contributed by atoms with Crippen LogP contribution >= 0.6 is 0 Å². The number of rotatable bonds is 2. The van der Waals surface area contributed by atoms with Gasteiger partial charge in [0.25, 0.3) is 0 Å². The van der Waals surface area contributed by atoms with E-state index in [-0.39, 0.29) is 11.5 Å². The van der Waals surface area contributed by atoms with Gasteiger partial charge in [0.05, 0.1) is 5.69 Å². The molecule has 1 aromatic carbocycles. The summed E-state index contributed by atoms with van der Waals surface area (Å²) in [4.78, 5) is 11.8. The minimum Gasteiger partial charge on any atom is -0.323 e. The molecule has 1 heterocycles. The van der Waals surface area contributed by atoms with Gasteiger partial charge in [-0.1, -0.05) is 12.1 Å². The van der Waals surface area contributed by atoms with Crippen LogP contribution in [0.5, 0.6) is 0 Å². The Bertz CT molecular complexity index is 629. The van der Waals surface area contributed by atoms with Crippen molar-refractivity contribution >= 4 is 0 Å². The molecule has 0 aliphatic carbocycles. The first-order chi connectivity index (χ1) is 8.49. The zero-order chi connectivity index (χ0) is 13.3. The molecule has 1 aromatic heterocycles. The van der Waals surface area contributed by atoms with Gasteiger partial charge in [0.2, 0.25) is 5.43 Å². The molecule has 2 N–H and O–H groups in total. The fraction of sp³-hybridized carbons (Fsp3) is 0.286. The summed E-state index contributed by atoms with van der Waals surface area (Å²) in [5.74, 6) is 0. The molecule has 0 radical (unpaired) electrons. The Kier molecular flexibility index (Phi) is 3.30. The molecule has 4 heteroatoms. The average molecular weight is 243 g/mol. The largest absolute Gasteiger partial charge is 0.323 e. The third-order valence-electron chi connectivity index (χ3n) is 2.81. The molecular formula is C14H17N3O. The third-order valence-corrected chi connectivity index (χ3v) is 2.81. The first-order valence-corrected chi connectivity index (χ1v) is 5.92.